The predicted octanol–water partition coefficient (Wildman–Crippen LogP) is 2.58. The van der Waals surface area contributed by atoms with Gasteiger partial charge >= 0.3 is 0 Å². The molecule has 1 aliphatic carbocycles. The van der Waals surface area contributed by atoms with Crippen LogP contribution in [0.15, 0.2) is 30.3 Å². The third kappa shape index (κ3) is 3.14. The van der Waals surface area contributed by atoms with Crippen LogP contribution in [0.3, 0.4) is 0 Å². The average Bonchev–Trinajstić information content (AvgIpc) is 2.48. The number of fused-ring (bicyclic) bond motifs is 1. The fourth-order valence-corrected chi connectivity index (χ4v) is 3.05. The molecule has 0 spiro atoms. The van der Waals surface area contributed by atoms with E-state index in [1.165, 1.54) is 0 Å². The van der Waals surface area contributed by atoms with Gasteiger partial charge in [0.05, 0.1) is 11.6 Å². The van der Waals surface area contributed by atoms with Crippen LogP contribution in [0, 0.1) is 0 Å². The van der Waals surface area contributed by atoms with Crippen LogP contribution in [0.25, 0.3) is 10.9 Å². The number of nitrogens with zero attached hydrogens (tertiary/aromatic N) is 1. The summed E-state index contributed by atoms with van der Waals surface area (Å²) < 4.78 is 0. The molecule has 1 aromatic heterocycles. The second-order valence-electron chi connectivity index (χ2n) is 5.59. The largest absolute Gasteiger partial charge is 0.393 e. The minimum absolute atomic E-state index is 0.153. The van der Waals surface area contributed by atoms with Crippen molar-refractivity contribution in [3.8, 4) is 0 Å². The number of thiocarbonyl (C=S) groups is 1. The molecule has 0 unspecified atom stereocenters. The number of pyridine rings is 1. The van der Waals surface area contributed by atoms with E-state index in [1.807, 2.05) is 30.3 Å². The van der Waals surface area contributed by atoms with E-state index in [4.69, 9.17) is 18.0 Å². The fourth-order valence-electron chi connectivity index (χ4n) is 2.88. The Morgan fingerprint density at radius 1 is 1.24 bits per heavy atom. The van der Waals surface area contributed by atoms with E-state index >= 15 is 0 Å². The molecule has 0 bridgehead atoms. The van der Waals surface area contributed by atoms with E-state index in [0.29, 0.717) is 11.0 Å². The van der Waals surface area contributed by atoms with Crippen molar-refractivity contribution >= 4 is 33.9 Å². The second kappa shape index (κ2) is 5.95. The number of nitrogens with two attached hydrogens (primary N) is 1. The zero-order chi connectivity index (χ0) is 14.8. The van der Waals surface area contributed by atoms with Crippen molar-refractivity contribution in [2.24, 2.45) is 5.73 Å². The maximum Gasteiger partial charge on any atom is 0.127 e. The lowest BCUT2D eigenvalue weighted by Crippen LogP contribution is -2.28. The van der Waals surface area contributed by atoms with E-state index in [2.05, 4.69) is 10.3 Å². The molecule has 1 heterocycles. The summed E-state index contributed by atoms with van der Waals surface area (Å²) in [4.78, 5) is 5.03. The Hall–Kier alpha value is -1.72. The molecule has 5 heteroatoms. The minimum atomic E-state index is -0.153. The van der Waals surface area contributed by atoms with Gasteiger partial charge in [0.1, 0.15) is 10.8 Å². The molecule has 1 aliphatic rings. The molecule has 110 valence electrons. The number of nitrogens with one attached hydrogen (secondary N) is 1. The van der Waals surface area contributed by atoms with Crippen LogP contribution in [0.5, 0.6) is 0 Å². The van der Waals surface area contributed by atoms with Crippen LogP contribution < -0.4 is 11.1 Å². The molecular weight excluding hydrogens is 282 g/mol. The highest BCUT2D eigenvalue weighted by molar-refractivity contribution is 7.80. The fraction of sp³-hybridized carbons (Fsp3) is 0.375. The highest BCUT2D eigenvalue weighted by atomic mass is 32.1. The number of hydrogen-bond acceptors (Lipinski definition) is 4. The molecule has 0 atom stereocenters. The monoisotopic (exact) mass is 301 g/mol. The van der Waals surface area contributed by atoms with Gasteiger partial charge in [0.2, 0.25) is 0 Å². The zero-order valence-corrected chi connectivity index (χ0v) is 12.6. The normalized spacial score (nSPS) is 22.1. The van der Waals surface area contributed by atoms with Crippen LogP contribution in [-0.2, 0) is 0 Å². The van der Waals surface area contributed by atoms with Gasteiger partial charge < -0.3 is 16.2 Å². The summed E-state index contributed by atoms with van der Waals surface area (Å²) in [7, 11) is 0. The van der Waals surface area contributed by atoms with E-state index in [9.17, 15) is 5.11 Å². The maximum absolute atomic E-state index is 9.57. The third-order valence-corrected chi connectivity index (χ3v) is 4.25. The third-order valence-electron chi connectivity index (χ3n) is 4.03. The number of para-hydroxylation sites is 1. The predicted molar refractivity (Wildman–Crippen MR) is 89.5 cm³/mol. The SMILES string of the molecule is NC(=S)c1cc(NC2CCC(O)CC2)nc2ccccc12. The van der Waals surface area contributed by atoms with Crippen molar-refractivity contribution in [1.29, 1.82) is 0 Å². The number of rotatable bonds is 3. The smallest absolute Gasteiger partial charge is 0.127 e. The molecule has 2 aromatic rings. The van der Waals surface area contributed by atoms with Gasteiger partial charge in [0.25, 0.3) is 0 Å². The van der Waals surface area contributed by atoms with Crippen LogP contribution >= 0.6 is 12.2 Å². The molecule has 1 fully saturated rings. The lowest BCUT2D eigenvalue weighted by Gasteiger charge is -2.26. The Bertz CT molecular complexity index is 666. The van der Waals surface area contributed by atoms with Gasteiger partial charge in [-0.25, -0.2) is 4.98 Å². The summed E-state index contributed by atoms with van der Waals surface area (Å²) in [6, 6.07) is 10.1. The Labute approximate surface area is 129 Å². The lowest BCUT2D eigenvalue weighted by atomic mass is 9.93. The number of aliphatic hydroxyl groups is 1. The minimum Gasteiger partial charge on any atom is -0.393 e. The second-order valence-corrected chi connectivity index (χ2v) is 6.03. The molecule has 1 saturated carbocycles. The van der Waals surface area contributed by atoms with Gasteiger partial charge in [0.15, 0.2) is 0 Å². The van der Waals surface area contributed by atoms with Gasteiger partial charge in [0, 0.05) is 17.0 Å². The Morgan fingerprint density at radius 2 is 1.95 bits per heavy atom. The zero-order valence-electron chi connectivity index (χ0n) is 11.7. The standard InChI is InChI=1S/C16H19N3OS/c17-16(21)13-9-15(18-10-5-7-11(20)8-6-10)19-14-4-2-1-3-12(13)14/h1-4,9-11,20H,5-8H2,(H2,17,21)(H,18,19). The number of anilines is 1. The Morgan fingerprint density at radius 3 is 2.67 bits per heavy atom. The summed E-state index contributed by atoms with van der Waals surface area (Å²) in [5.41, 5.74) is 7.59. The van der Waals surface area contributed by atoms with Gasteiger partial charge in [-0.1, -0.05) is 30.4 Å². The average molecular weight is 301 g/mol. The quantitative estimate of drug-likeness (QED) is 0.760. The first kappa shape index (κ1) is 14.2. The van der Waals surface area contributed by atoms with Gasteiger partial charge in [-0.2, -0.15) is 0 Å². The van der Waals surface area contributed by atoms with E-state index < -0.39 is 0 Å². The molecule has 21 heavy (non-hydrogen) atoms. The summed E-state index contributed by atoms with van der Waals surface area (Å²) in [6.45, 7) is 0. The molecular formula is C16H19N3OS. The lowest BCUT2D eigenvalue weighted by molar-refractivity contribution is 0.126. The number of aromatic nitrogens is 1. The van der Waals surface area contributed by atoms with E-state index in [1.54, 1.807) is 0 Å². The molecule has 3 rings (SSSR count). The van der Waals surface area contributed by atoms with Crippen molar-refractivity contribution in [2.45, 2.75) is 37.8 Å². The molecule has 0 saturated heterocycles. The molecule has 0 radical (unpaired) electrons. The van der Waals surface area contributed by atoms with Crippen LogP contribution in [0.2, 0.25) is 0 Å². The first-order valence-corrected chi connectivity index (χ1v) is 7.68. The maximum atomic E-state index is 9.57. The van der Waals surface area contributed by atoms with Crippen LogP contribution in [-0.4, -0.2) is 27.2 Å². The van der Waals surface area contributed by atoms with Crippen molar-refractivity contribution in [2.75, 3.05) is 5.32 Å². The first-order chi connectivity index (χ1) is 10.1. The molecule has 1 aromatic carbocycles. The molecule has 0 amide bonds. The molecule has 4 N–H and O–H groups in total. The van der Waals surface area contributed by atoms with Crippen molar-refractivity contribution in [1.82, 2.24) is 4.98 Å². The van der Waals surface area contributed by atoms with Crippen LogP contribution in [0.1, 0.15) is 31.2 Å². The van der Waals surface area contributed by atoms with Gasteiger partial charge in [-0.05, 0) is 37.8 Å². The highest BCUT2D eigenvalue weighted by Crippen LogP contribution is 2.25. The Kier molecular flexibility index (Phi) is 4.03. The highest BCUT2D eigenvalue weighted by Gasteiger charge is 2.20. The molecule has 4 nitrogen and oxygen atoms in total. The van der Waals surface area contributed by atoms with E-state index in [-0.39, 0.29) is 6.10 Å². The van der Waals surface area contributed by atoms with E-state index in [0.717, 1.165) is 48.0 Å². The molecule has 0 aliphatic heterocycles. The topological polar surface area (TPSA) is 71.2 Å². The van der Waals surface area contributed by atoms with Crippen molar-refractivity contribution < 1.29 is 5.11 Å². The van der Waals surface area contributed by atoms with Crippen LogP contribution in [0.4, 0.5) is 5.82 Å². The number of hydrogen-bond donors (Lipinski definition) is 3. The van der Waals surface area contributed by atoms with Gasteiger partial charge in [-0.15, -0.1) is 0 Å². The summed E-state index contributed by atoms with van der Waals surface area (Å²) in [6.07, 6.45) is 3.44. The first-order valence-electron chi connectivity index (χ1n) is 7.27. The van der Waals surface area contributed by atoms with Crippen molar-refractivity contribution in [3.05, 3.63) is 35.9 Å². The number of benzene rings is 1. The number of aliphatic hydroxyl groups excluding tert-OH is 1. The Balaban J connectivity index is 1.90. The summed E-state index contributed by atoms with van der Waals surface area (Å²) >= 11 is 5.16. The van der Waals surface area contributed by atoms with Gasteiger partial charge in [-0.3, -0.25) is 0 Å². The summed E-state index contributed by atoms with van der Waals surface area (Å²) in [5.74, 6) is 0.804. The van der Waals surface area contributed by atoms with Crippen molar-refractivity contribution in [3.63, 3.8) is 0 Å². The summed E-state index contributed by atoms with van der Waals surface area (Å²) in [5, 5.41) is 14.0.